The summed E-state index contributed by atoms with van der Waals surface area (Å²) < 4.78 is 13.3. The Labute approximate surface area is 145 Å². The van der Waals surface area contributed by atoms with Crippen LogP contribution in [0.2, 0.25) is 0 Å². The highest BCUT2D eigenvalue weighted by Crippen LogP contribution is 2.11. The molecule has 7 nitrogen and oxygen atoms in total. The Morgan fingerprint density at radius 1 is 1.16 bits per heavy atom. The van der Waals surface area contributed by atoms with E-state index in [-0.39, 0.29) is 30.7 Å². The van der Waals surface area contributed by atoms with E-state index in [4.69, 9.17) is 0 Å². The van der Waals surface area contributed by atoms with Gasteiger partial charge in [0.05, 0.1) is 0 Å². The van der Waals surface area contributed by atoms with Crippen LogP contribution in [-0.2, 0) is 16.1 Å². The summed E-state index contributed by atoms with van der Waals surface area (Å²) in [6.07, 6.45) is 0.812. The van der Waals surface area contributed by atoms with Crippen LogP contribution in [0.15, 0.2) is 24.3 Å². The van der Waals surface area contributed by atoms with E-state index in [0.29, 0.717) is 26.2 Å². The maximum atomic E-state index is 13.3. The molecule has 134 valence electrons. The van der Waals surface area contributed by atoms with Crippen molar-refractivity contribution in [1.82, 2.24) is 20.0 Å². The van der Waals surface area contributed by atoms with E-state index < -0.39 is 6.03 Å². The zero-order valence-corrected chi connectivity index (χ0v) is 13.9. The highest BCUT2D eigenvalue weighted by atomic mass is 19.1. The van der Waals surface area contributed by atoms with Crippen molar-refractivity contribution in [2.24, 2.45) is 0 Å². The largest absolute Gasteiger partial charge is 0.340 e. The number of carbonyl (C=O) groups excluding carboxylic acids is 3. The fourth-order valence-electron chi connectivity index (χ4n) is 3.15. The molecule has 1 aromatic rings. The number of nitrogens with zero attached hydrogens (tertiary/aromatic N) is 3. The molecule has 2 heterocycles. The van der Waals surface area contributed by atoms with Gasteiger partial charge in [0, 0.05) is 32.7 Å². The third-order valence-corrected chi connectivity index (χ3v) is 4.43. The fraction of sp³-hybridized carbons (Fsp3) is 0.471. The predicted octanol–water partition coefficient (Wildman–Crippen LogP) is 0.412. The van der Waals surface area contributed by atoms with Crippen molar-refractivity contribution in [3.05, 3.63) is 35.6 Å². The Hall–Kier alpha value is -2.48. The van der Waals surface area contributed by atoms with Gasteiger partial charge in [0.1, 0.15) is 18.9 Å². The molecule has 2 aliphatic heterocycles. The quantitative estimate of drug-likeness (QED) is 0.800. The molecule has 0 saturated carbocycles. The number of imide groups is 1. The van der Waals surface area contributed by atoms with E-state index in [9.17, 15) is 18.8 Å². The van der Waals surface area contributed by atoms with Gasteiger partial charge in [0.2, 0.25) is 11.8 Å². The third-order valence-electron chi connectivity index (χ3n) is 4.43. The lowest BCUT2D eigenvalue weighted by Gasteiger charge is -2.24. The van der Waals surface area contributed by atoms with E-state index in [1.807, 2.05) is 6.07 Å². The van der Waals surface area contributed by atoms with Crippen molar-refractivity contribution in [3.63, 3.8) is 0 Å². The van der Waals surface area contributed by atoms with Crippen LogP contribution in [0.25, 0.3) is 0 Å². The smallest absolute Gasteiger partial charge is 0.325 e. The van der Waals surface area contributed by atoms with Crippen LogP contribution >= 0.6 is 0 Å². The van der Waals surface area contributed by atoms with Crippen molar-refractivity contribution in [3.8, 4) is 0 Å². The summed E-state index contributed by atoms with van der Waals surface area (Å²) >= 11 is 0. The molecule has 3 rings (SSSR count). The number of amides is 4. The van der Waals surface area contributed by atoms with Gasteiger partial charge < -0.3 is 9.80 Å². The molecule has 1 N–H and O–H groups in total. The number of halogens is 1. The summed E-state index contributed by atoms with van der Waals surface area (Å²) in [6, 6.07) is 6.02. The number of benzene rings is 1. The number of nitrogens with one attached hydrogen (secondary N) is 1. The summed E-state index contributed by atoms with van der Waals surface area (Å²) in [5.74, 6) is -0.782. The second-order valence-electron chi connectivity index (χ2n) is 6.35. The Morgan fingerprint density at radius 3 is 2.72 bits per heavy atom. The van der Waals surface area contributed by atoms with Crippen LogP contribution in [0.5, 0.6) is 0 Å². The van der Waals surface area contributed by atoms with Crippen molar-refractivity contribution in [2.45, 2.75) is 13.0 Å². The minimum absolute atomic E-state index is 0.0654. The molecule has 0 radical (unpaired) electrons. The number of hydrogen-bond acceptors (Lipinski definition) is 4. The lowest BCUT2D eigenvalue weighted by atomic mass is 10.2. The monoisotopic (exact) mass is 348 g/mol. The van der Waals surface area contributed by atoms with Gasteiger partial charge in [-0.05, 0) is 24.1 Å². The fourth-order valence-corrected chi connectivity index (χ4v) is 3.15. The van der Waals surface area contributed by atoms with Crippen LogP contribution in [0.3, 0.4) is 0 Å². The molecule has 1 aromatic carbocycles. The van der Waals surface area contributed by atoms with Crippen molar-refractivity contribution >= 4 is 17.8 Å². The number of urea groups is 1. The van der Waals surface area contributed by atoms with Gasteiger partial charge in [-0.3, -0.25) is 19.8 Å². The second kappa shape index (κ2) is 7.60. The highest BCUT2D eigenvalue weighted by Gasteiger charge is 2.30. The molecule has 0 atom stereocenters. The first kappa shape index (κ1) is 17.3. The first-order valence-electron chi connectivity index (χ1n) is 8.34. The molecule has 0 aromatic heterocycles. The van der Waals surface area contributed by atoms with Crippen molar-refractivity contribution < 1.29 is 18.8 Å². The van der Waals surface area contributed by atoms with E-state index in [1.54, 1.807) is 11.0 Å². The molecule has 2 aliphatic rings. The molecule has 25 heavy (non-hydrogen) atoms. The lowest BCUT2D eigenvalue weighted by Crippen LogP contribution is -2.43. The molecule has 0 bridgehead atoms. The van der Waals surface area contributed by atoms with Crippen LogP contribution < -0.4 is 5.32 Å². The summed E-state index contributed by atoms with van der Waals surface area (Å²) in [5.41, 5.74) is 0.909. The summed E-state index contributed by atoms with van der Waals surface area (Å²) in [6.45, 7) is 3.17. The first-order valence-corrected chi connectivity index (χ1v) is 8.34. The lowest BCUT2D eigenvalue weighted by molar-refractivity contribution is -0.131. The number of hydrogen-bond donors (Lipinski definition) is 1. The second-order valence-corrected chi connectivity index (χ2v) is 6.35. The van der Waals surface area contributed by atoms with E-state index in [2.05, 4.69) is 10.2 Å². The Morgan fingerprint density at radius 2 is 2.00 bits per heavy atom. The van der Waals surface area contributed by atoms with E-state index >= 15 is 0 Å². The van der Waals surface area contributed by atoms with Gasteiger partial charge in [-0.1, -0.05) is 12.1 Å². The molecular formula is C17H21FN4O3. The van der Waals surface area contributed by atoms with E-state index in [1.165, 1.54) is 17.0 Å². The van der Waals surface area contributed by atoms with Gasteiger partial charge >= 0.3 is 6.03 Å². The zero-order chi connectivity index (χ0) is 17.8. The zero-order valence-electron chi connectivity index (χ0n) is 13.9. The standard InChI is InChI=1S/C17H21FN4O3/c18-14-4-1-3-13(9-14)10-20-5-2-6-21(8-7-20)16(24)12-22-11-15(23)19-17(22)25/h1,3-4,9H,2,5-8,10-12H2,(H,19,23,25). The average molecular weight is 348 g/mol. The van der Waals surface area contributed by atoms with Crippen LogP contribution in [0, 0.1) is 5.82 Å². The van der Waals surface area contributed by atoms with Crippen LogP contribution in [-0.4, -0.2) is 71.8 Å². The minimum atomic E-state index is -0.513. The predicted molar refractivity (Wildman–Crippen MR) is 88.0 cm³/mol. The summed E-state index contributed by atoms with van der Waals surface area (Å²) in [4.78, 5) is 40.3. The van der Waals surface area contributed by atoms with Gasteiger partial charge in [-0.2, -0.15) is 0 Å². The number of carbonyl (C=O) groups is 3. The van der Waals surface area contributed by atoms with Crippen molar-refractivity contribution in [1.29, 1.82) is 0 Å². The number of rotatable bonds is 4. The van der Waals surface area contributed by atoms with Gasteiger partial charge in [0.15, 0.2) is 0 Å². The van der Waals surface area contributed by atoms with Gasteiger partial charge in [0.25, 0.3) is 0 Å². The molecule has 0 unspecified atom stereocenters. The highest BCUT2D eigenvalue weighted by molar-refractivity contribution is 6.03. The molecule has 0 spiro atoms. The maximum absolute atomic E-state index is 13.3. The summed E-state index contributed by atoms with van der Waals surface area (Å²) in [5, 5.41) is 2.16. The maximum Gasteiger partial charge on any atom is 0.325 e. The van der Waals surface area contributed by atoms with E-state index in [0.717, 1.165) is 18.5 Å². The topological polar surface area (TPSA) is 73.0 Å². The molecular weight excluding hydrogens is 327 g/mol. The average Bonchev–Trinajstić information content (AvgIpc) is 2.74. The van der Waals surface area contributed by atoms with Crippen LogP contribution in [0.4, 0.5) is 9.18 Å². The Kier molecular flexibility index (Phi) is 5.28. The summed E-state index contributed by atoms with van der Waals surface area (Å²) in [7, 11) is 0. The van der Waals surface area contributed by atoms with Crippen LogP contribution in [0.1, 0.15) is 12.0 Å². The molecule has 4 amide bonds. The molecule has 2 fully saturated rings. The SMILES string of the molecule is O=C1CN(CC(=O)N2CCCN(Cc3cccc(F)c3)CC2)C(=O)N1. The van der Waals surface area contributed by atoms with Gasteiger partial charge in [-0.25, -0.2) is 9.18 Å². The van der Waals surface area contributed by atoms with Crippen molar-refractivity contribution in [2.75, 3.05) is 39.3 Å². The Bertz CT molecular complexity index is 682. The molecule has 0 aliphatic carbocycles. The third kappa shape index (κ3) is 4.54. The Balaban J connectivity index is 1.51. The molecule has 2 saturated heterocycles. The molecule has 8 heteroatoms. The van der Waals surface area contributed by atoms with Gasteiger partial charge in [-0.15, -0.1) is 0 Å². The minimum Gasteiger partial charge on any atom is -0.340 e. The first-order chi connectivity index (χ1) is 12.0. The normalized spacial score (nSPS) is 19.1.